The fraction of sp³-hybridized carbons (Fsp3) is 0.889. The maximum atomic E-state index is 12.2. The summed E-state index contributed by atoms with van der Waals surface area (Å²) in [5.74, 6) is 0. The summed E-state index contributed by atoms with van der Waals surface area (Å²) in [6, 6.07) is 0. The first-order chi connectivity index (χ1) is 4.69. The Bertz CT molecular complexity index is 141. The lowest BCUT2D eigenvalue weighted by Crippen LogP contribution is -2.32. The summed E-state index contributed by atoms with van der Waals surface area (Å²) >= 11 is 0. The molecule has 11 heavy (non-hydrogen) atoms. The predicted octanol–water partition coefficient (Wildman–Crippen LogP) is 3.40. The van der Waals surface area contributed by atoms with E-state index in [1.165, 1.54) is 0 Å². The van der Waals surface area contributed by atoms with Crippen molar-refractivity contribution in [1.82, 2.24) is 0 Å². The molecule has 1 nitrogen and oxygen atoms in total. The predicted molar refractivity (Wildman–Crippen MR) is 47.5 cm³/mol. The number of rotatable bonds is 0. The van der Waals surface area contributed by atoms with E-state index < -0.39 is 0 Å². The van der Waals surface area contributed by atoms with E-state index in [0.717, 1.165) is 0 Å². The first kappa shape index (κ1) is 10.6. The Morgan fingerprint density at radius 1 is 0.909 bits per heavy atom. The zero-order chi connectivity index (χ0) is 9.28. The van der Waals surface area contributed by atoms with Gasteiger partial charge in [0.15, 0.2) is 0 Å². The third-order valence-corrected chi connectivity index (χ3v) is 1.51. The van der Waals surface area contributed by atoms with Crippen LogP contribution in [0.4, 0.5) is 4.48 Å². The number of halogens is 1. The quantitative estimate of drug-likeness (QED) is 0.480. The molecule has 0 amide bonds. The molecular weight excluding hydrogens is 141 g/mol. The van der Waals surface area contributed by atoms with Crippen LogP contribution >= 0.6 is 0 Å². The minimum absolute atomic E-state index is 0.174. The van der Waals surface area contributed by atoms with E-state index in [0.29, 0.717) is 5.71 Å². The van der Waals surface area contributed by atoms with E-state index in [1.54, 1.807) is 0 Å². The monoisotopic (exact) mass is 159 g/mol. The maximum Gasteiger partial charge on any atom is 0.0615 e. The van der Waals surface area contributed by atoms with Crippen molar-refractivity contribution in [3.63, 3.8) is 0 Å². The summed E-state index contributed by atoms with van der Waals surface area (Å²) < 4.78 is 12.2. The van der Waals surface area contributed by atoms with Crippen molar-refractivity contribution >= 4 is 5.71 Å². The van der Waals surface area contributed by atoms with Crippen molar-refractivity contribution in [2.75, 3.05) is 0 Å². The van der Waals surface area contributed by atoms with Crippen LogP contribution in [0.15, 0.2) is 5.21 Å². The molecule has 0 unspecified atom stereocenters. The van der Waals surface area contributed by atoms with Crippen molar-refractivity contribution in [2.24, 2.45) is 16.0 Å². The molecule has 66 valence electrons. The summed E-state index contributed by atoms with van der Waals surface area (Å²) in [6.07, 6.45) is 0. The van der Waals surface area contributed by atoms with Crippen LogP contribution in [-0.2, 0) is 0 Å². The van der Waals surface area contributed by atoms with Gasteiger partial charge in [-0.25, -0.2) is 0 Å². The molecule has 0 aromatic rings. The Labute approximate surface area is 68.7 Å². The highest BCUT2D eigenvalue weighted by atomic mass is 19.2. The molecule has 0 aromatic heterocycles. The minimum Gasteiger partial charge on any atom is -0.0955 e. The molecule has 2 heteroatoms. The third kappa shape index (κ3) is 3.00. The summed E-state index contributed by atoms with van der Waals surface area (Å²) in [7, 11) is 0. The van der Waals surface area contributed by atoms with Crippen LogP contribution in [-0.4, -0.2) is 5.71 Å². The molecular formula is C9H18FN. The molecule has 0 rings (SSSR count). The summed E-state index contributed by atoms with van der Waals surface area (Å²) in [4.78, 5) is 0. The van der Waals surface area contributed by atoms with Gasteiger partial charge in [0.1, 0.15) is 0 Å². The van der Waals surface area contributed by atoms with E-state index in [9.17, 15) is 4.48 Å². The van der Waals surface area contributed by atoms with E-state index >= 15 is 0 Å². The third-order valence-electron chi connectivity index (χ3n) is 1.51. The van der Waals surface area contributed by atoms with E-state index in [2.05, 4.69) is 5.21 Å². The second kappa shape index (κ2) is 2.92. The summed E-state index contributed by atoms with van der Waals surface area (Å²) in [5, 5.41) is 2.85. The molecule has 0 fully saturated rings. The van der Waals surface area contributed by atoms with Crippen LogP contribution in [0.1, 0.15) is 41.5 Å². The first-order valence-corrected chi connectivity index (χ1v) is 3.89. The normalized spacial score (nSPS) is 13.0. The molecule has 0 aliphatic rings. The van der Waals surface area contributed by atoms with Gasteiger partial charge in [0.2, 0.25) is 0 Å². The smallest absolute Gasteiger partial charge is 0.0615 e. The van der Waals surface area contributed by atoms with Crippen LogP contribution in [0.3, 0.4) is 0 Å². The molecule has 0 atom stereocenters. The molecule has 0 N–H and O–H groups in total. The zero-order valence-electron chi connectivity index (χ0n) is 8.33. The average molecular weight is 159 g/mol. The lowest BCUT2D eigenvalue weighted by Gasteiger charge is -2.30. The number of nitrogens with zero attached hydrogens (tertiary/aromatic N) is 1. The zero-order valence-corrected chi connectivity index (χ0v) is 8.33. The van der Waals surface area contributed by atoms with Gasteiger partial charge < -0.3 is 0 Å². The highest BCUT2D eigenvalue weighted by Crippen LogP contribution is 2.29. The van der Waals surface area contributed by atoms with E-state index in [-0.39, 0.29) is 10.8 Å². The number of hydrogen-bond acceptors (Lipinski definition) is 1. The summed E-state index contributed by atoms with van der Waals surface area (Å²) in [5.41, 5.74) is 0.269. The first-order valence-electron chi connectivity index (χ1n) is 3.89. The van der Waals surface area contributed by atoms with E-state index in [4.69, 9.17) is 0 Å². The van der Waals surface area contributed by atoms with Gasteiger partial charge >= 0.3 is 0 Å². The Morgan fingerprint density at radius 3 is 1.18 bits per heavy atom. The Morgan fingerprint density at radius 2 is 1.18 bits per heavy atom. The average Bonchev–Trinajstić information content (AvgIpc) is 1.56. The molecule has 0 saturated heterocycles. The van der Waals surface area contributed by atoms with Gasteiger partial charge in [0.25, 0.3) is 0 Å². The van der Waals surface area contributed by atoms with Crippen LogP contribution < -0.4 is 0 Å². The molecule has 0 spiro atoms. The van der Waals surface area contributed by atoms with Gasteiger partial charge in [-0.2, -0.15) is 0 Å². The van der Waals surface area contributed by atoms with Gasteiger partial charge in [0.05, 0.1) is 5.71 Å². The fourth-order valence-corrected chi connectivity index (χ4v) is 1.38. The minimum atomic E-state index is -0.174. The SMILES string of the molecule is CC(C)(C)C(=NF)C(C)(C)C. The topological polar surface area (TPSA) is 12.4 Å². The highest BCUT2D eigenvalue weighted by Gasteiger charge is 2.30. The van der Waals surface area contributed by atoms with Crippen molar-refractivity contribution in [3.8, 4) is 0 Å². The van der Waals surface area contributed by atoms with Crippen molar-refractivity contribution in [2.45, 2.75) is 41.5 Å². The largest absolute Gasteiger partial charge is 0.0955 e. The molecule has 0 bridgehead atoms. The molecule has 0 aliphatic carbocycles. The lowest BCUT2D eigenvalue weighted by molar-refractivity contribution is 0.433. The van der Waals surface area contributed by atoms with Crippen molar-refractivity contribution in [1.29, 1.82) is 0 Å². The molecule has 0 heterocycles. The van der Waals surface area contributed by atoms with Gasteiger partial charge in [0, 0.05) is 10.8 Å². The molecule has 0 aromatic carbocycles. The highest BCUT2D eigenvalue weighted by molar-refractivity contribution is 5.93. The molecule has 0 saturated carbocycles. The van der Waals surface area contributed by atoms with Gasteiger partial charge in [-0.05, 0) is 0 Å². The second-order valence-corrected chi connectivity index (χ2v) is 4.93. The summed E-state index contributed by atoms with van der Waals surface area (Å²) in [6.45, 7) is 11.8. The van der Waals surface area contributed by atoms with Crippen LogP contribution in [0, 0.1) is 10.8 Å². The van der Waals surface area contributed by atoms with Crippen molar-refractivity contribution < 1.29 is 4.48 Å². The van der Waals surface area contributed by atoms with Crippen LogP contribution in [0.5, 0.6) is 0 Å². The molecule has 0 radical (unpaired) electrons. The van der Waals surface area contributed by atoms with Gasteiger partial charge in [-0.3, -0.25) is 0 Å². The van der Waals surface area contributed by atoms with Crippen LogP contribution in [0.2, 0.25) is 0 Å². The molecule has 0 aliphatic heterocycles. The lowest BCUT2D eigenvalue weighted by atomic mass is 9.75. The van der Waals surface area contributed by atoms with Gasteiger partial charge in [-0.15, -0.1) is 0 Å². The van der Waals surface area contributed by atoms with Gasteiger partial charge in [-0.1, -0.05) is 51.2 Å². The standard InChI is InChI=1S/C9H18FN/c1-8(2,3)7(11-10)9(4,5)6/h1-6H3. The number of hydrogen-bond donors (Lipinski definition) is 0. The van der Waals surface area contributed by atoms with E-state index in [1.807, 2.05) is 41.5 Å². The van der Waals surface area contributed by atoms with Crippen LogP contribution in [0.25, 0.3) is 0 Å². The second-order valence-electron chi connectivity index (χ2n) is 4.93. The van der Waals surface area contributed by atoms with Crippen molar-refractivity contribution in [3.05, 3.63) is 0 Å². The Balaban J connectivity index is 4.74. The maximum absolute atomic E-state index is 12.2. The fourth-order valence-electron chi connectivity index (χ4n) is 1.38. The Hall–Kier alpha value is -0.400. The Kier molecular flexibility index (Phi) is 2.81.